The van der Waals surface area contributed by atoms with Crippen LogP contribution >= 0.6 is 11.3 Å². The SMILES string of the molecule is CC(=O)NC(C(=O)Nc1ccc(C(=O)Nc2nccs2)cc1)C(C)C. The fraction of sp³-hybridized carbons (Fsp3) is 0.294. The van der Waals surface area contributed by atoms with E-state index >= 15 is 0 Å². The van der Waals surface area contributed by atoms with E-state index in [1.165, 1.54) is 18.3 Å². The molecule has 0 aliphatic rings. The van der Waals surface area contributed by atoms with E-state index in [0.29, 0.717) is 16.4 Å². The molecule has 1 aromatic carbocycles. The summed E-state index contributed by atoms with van der Waals surface area (Å²) in [6.45, 7) is 5.08. The van der Waals surface area contributed by atoms with Gasteiger partial charge in [-0.05, 0) is 30.2 Å². The van der Waals surface area contributed by atoms with Crippen molar-refractivity contribution in [3.05, 3.63) is 41.4 Å². The Hall–Kier alpha value is -2.74. The van der Waals surface area contributed by atoms with Crippen LogP contribution in [0.1, 0.15) is 31.1 Å². The number of hydrogen-bond acceptors (Lipinski definition) is 5. The maximum atomic E-state index is 12.3. The first-order chi connectivity index (χ1) is 11.9. The lowest BCUT2D eigenvalue weighted by molar-refractivity contribution is -0.126. The molecule has 2 rings (SSSR count). The molecular weight excluding hydrogens is 340 g/mol. The van der Waals surface area contributed by atoms with Crippen molar-refractivity contribution in [1.29, 1.82) is 0 Å². The molecule has 0 aliphatic carbocycles. The third-order valence-electron chi connectivity index (χ3n) is 3.38. The lowest BCUT2D eigenvalue weighted by Crippen LogP contribution is -2.46. The molecule has 2 aromatic rings. The number of nitrogens with one attached hydrogen (secondary N) is 3. The molecule has 0 fully saturated rings. The van der Waals surface area contributed by atoms with E-state index in [-0.39, 0.29) is 23.6 Å². The summed E-state index contributed by atoms with van der Waals surface area (Å²) < 4.78 is 0. The van der Waals surface area contributed by atoms with Crippen molar-refractivity contribution in [2.75, 3.05) is 10.6 Å². The summed E-state index contributed by atoms with van der Waals surface area (Å²) in [5.41, 5.74) is 1.00. The molecule has 3 amide bonds. The number of aromatic nitrogens is 1. The molecular formula is C17H20N4O3S. The van der Waals surface area contributed by atoms with E-state index in [1.807, 2.05) is 13.8 Å². The number of amides is 3. The molecule has 1 heterocycles. The number of nitrogens with zero attached hydrogens (tertiary/aromatic N) is 1. The topological polar surface area (TPSA) is 100 Å². The largest absolute Gasteiger partial charge is 0.344 e. The normalized spacial score (nSPS) is 11.7. The third-order valence-corrected chi connectivity index (χ3v) is 4.06. The van der Waals surface area contributed by atoms with Gasteiger partial charge in [-0.25, -0.2) is 4.98 Å². The molecule has 0 spiro atoms. The minimum absolute atomic E-state index is 0.0488. The molecule has 0 aliphatic heterocycles. The number of hydrogen-bond donors (Lipinski definition) is 3. The van der Waals surface area contributed by atoms with Gasteiger partial charge in [-0.1, -0.05) is 13.8 Å². The predicted molar refractivity (Wildman–Crippen MR) is 97.6 cm³/mol. The van der Waals surface area contributed by atoms with Gasteiger partial charge in [-0.3, -0.25) is 19.7 Å². The summed E-state index contributed by atoms with van der Waals surface area (Å²) in [5, 5.41) is 10.4. The Kier molecular flexibility index (Phi) is 6.24. The van der Waals surface area contributed by atoms with Crippen molar-refractivity contribution in [3.63, 3.8) is 0 Å². The number of carbonyl (C=O) groups is 3. The first-order valence-electron chi connectivity index (χ1n) is 7.75. The molecule has 0 radical (unpaired) electrons. The van der Waals surface area contributed by atoms with Crippen LogP contribution in [0.4, 0.5) is 10.8 Å². The zero-order chi connectivity index (χ0) is 18.4. The van der Waals surface area contributed by atoms with Crippen molar-refractivity contribution in [2.45, 2.75) is 26.8 Å². The summed E-state index contributed by atoms with van der Waals surface area (Å²) in [6, 6.07) is 5.88. The third kappa shape index (κ3) is 5.39. The zero-order valence-corrected chi connectivity index (χ0v) is 15.0. The fourth-order valence-electron chi connectivity index (χ4n) is 2.13. The van der Waals surface area contributed by atoms with Gasteiger partial charge in [0.15, 0.2) is 5.13 Å². The van der Waals surface area contributed by atoms with Crippen molar-refractivity contribution in [1.82, 2.24) is 10.3 Å². The van der Waals surface area contributed by atoms with Crippen LogP contribution in [0.5, 0.6) is 0 Å². The highest BCUT2D eigenvalue weighted by Gasteiger charge is 2.23. The van der Waals surface area contributed by atoms with Gasteiger partial charge in [0.25, 0.3) is 5.91 Å². The smallest absolute Gasteiger partial charge is 0.257 e. The standard InChI is InChI=1S/C17H20N4O3S/c1-10(2)14(19-11(3)22)16(24)20-13-6-4-12(5-7-13)15(23)21-17-18-8-9-25-17/h4-10,14H,1-3H3,(H,19,22)(H,20,24)(H,18,21,23). The number of anilines is 2. The number of benzene rings is 1. The Morgan fingerprint density at radius 2 is 1.76 bits per heavy atom. The molecule has 25 heavy (non-hydrogen) atoms. The molecule has 8 heteroatoms. The van der Waals surface area contributed by atoms with Gasteiger partial charge in [-0.15, -0.1) is 11.3 Å². The number of rotatable bonds is 6. The summed E-state index contributed by atoms with van der Waals surface area (Å²) in [6.07, 6.45) is 1.61. The average Bonchev–Trinajstić information content (AvgIpc) is 3.05. The summed E-state index contributed by atoms with van der Waals surface area (Å²) in [7, 11) is 0. The fourth-order valence-corrected chi connectivity index (χ4v) is 2.66. The van der Waals surface area contributed by atoms with Gasteiger partial charge in [0.2, 0.25) is 11.8 Å². The van der Waals surface area contributed by atoms with Gasteiger partial charge < -0.3 is 10.6 Å². The molecule has 1 unspecified atom stereocenters. The van der Waals surface area contributed by atoms with E-state index in [9.17, 15) is 14.4 Å². The van der Waals surface area contributed by atoms with Crippen LogP contribution in [0.15, 0.2) is 35.8 Å². The van der Waals surface area contributed by atoms with E-state index < -0.39 is 6.04 Å². The highest BCUT2D eigenvalue weighted by atomic mass is 32.1. The quantitative estimate of drug-likeness (QED) is 0.737. The van der Waals surface area contributed by atoms with Crippen molar-refractivity contribution in [3.8, 4) is 0 Å². The molecule has 1 atom stereocenters. The monoisotopic (exact) mass is 360 g/mol. The number of carbonyl (C=O) groups excluding carboxylic acids is 3. The molecule has 0 saturated heterocycles. The minimum atomic E-state index is -0.620. The minimum Gasteiger partial charge on any atom is -0.344 e. The van der Waals surface area contributed by atoms with E-state index in [1.54, 1.807) is 35.8 Å². The summed E-state index contributed by atoms with van der Waals surface area (Å²) in [4.78, 5) is 39.6. The first kappa shape index (κ1) is 18.6. The van der Waals surface area contributed by atoms with Gasteiger partial charge >= 0.3 is 0 Å². The Bertz CT molecular complexity index is 742. The second kappa shape index (κ2) is 8.39. The van der Waals surface area contributed by atoms with Crippen LogP contribution in [0.2, 0.25) is 0 Å². The summed E-state index contributed by atoms with van der Waals surface area (Å²) >= 11 is 1.33. The Labute approximate surface area is 149 Å². The van der Waals surface area contributed by atoms with Crippen LogP contribution < -0.4 is 16.0 Å². The molecule has 0 saturated carbocycles. The summed E-state index contributed by atoms with van der Waals surface area (Å²) in [5.74, 6) is -0.883. The van der Waals surface area contributed by atoms with Crippen molar-refractivity contribution >= 4 is 39.9 Å². The lowest BCUT2D eigenvalue weighted by atomic mass is 10.0. The molecule has 7 nitrogen and oxygen atoms in total. The van der Waals surface area contributed by atoms with Crippen LogP contribution in [-0.2, 0) is 9.59 Å². The highest BCUT2D eigenvalue weighted by Crippen LogP contribution is 2.15. The second-order valence-electron chi connectivity index (χ2n) is 5.78. The lowest BCUT2D eigenvalue weighted by Gasteiger charge is -2.21. The maximum Gasteiger partial charge on any atom is 0.257 e. The van der Waals surface area contributed by atoms with Crippen molar-refractivity contribution < 1.29 is 14.4 Å². The zero-order valence-electron chi connectivity index (χ0n) is 14.2. The van der Waals surface area contributed by atoms with E-state index in [4.69, 9.17) is 0 Å². The molecule has 3 N–H and O–H groups in total. The predicted octanol–water partition coefficient (Wildman–Crippen LogP) is 2.49. The Balaban J connectivity index is 2.00. The molecule has 1 aromatic heterocycles. The second-order valence-corrected chi connectivity index (χ2v) is 6.67. The van der Waals surface area contributed by atoms with Crippen molar-refractivity contribution in [2.24, 2.45) is 5.92 Å². The van der Waals surface area contributed by atoms with Crippen LogP contribution in [0.3, 0.4) is 0 Å². The van der Waals surface area contributed by atoms with Crippen LogP contribution in [-0.4, -0.2) is 28.7 Å². The van der Waals surface area contributed by atoms with Crippen LogP contribution in [0.25, 0.3) is 0 Å². The average molecular weight is 360 g/mol. The Morgan fingerprint density at radius 3 is 2.28 bits per heavy atom. The van der Waals surface area contributed by atoms with E-state index in [0.717, 1.165) is 0 Å². The van der Waals surface area contributed by atoms with Crippen LogP contribution in [0, 0.1) is 5.92 Å². The van der Waals surface area contributed by atoms with Gasteiger partial charge in [0.05, 0.1) is 0 Å². The number of thiazole rings is 1. The van der Waals surface area contributed by atoms with Gasteiger partial charge in [0.1, 0.15) is 6.04 Å². The van der Waals surface area contributed by atoms with E-state index in [2.05, 4.69) is 20.9 Å². The molecule has 0 bridgehead atoms. The Morgan fingerprint density at radius 1 is 1.08 bits per heavy atom. The maximum absolute atomic E-state index is 12.3. The van der Waals surface area contributed by atoms with Gasteiger partial charge in [-0.2, -0.15) is 0 Å². The first-order valence-corrected chi connectivity index (χ1v) is 8.63. The van der Waals surface area contributed by atoms with Gasteiger partial charge in [0, 0.05) is 29.8 Å². The highest BCUT2D eigenvalue weighted by molar-refractivity contribution is 7.13. The molecule has 132 valence electrons.